The van der Waals surface area contributed by atoms with Crippen molar-refractivity contribution < 1.29 is 19.8 Å². The van der Waals surface area contributed by atoms with Gasteiger partial charge in [-0.15, -0.1) is 0 Å². The molecular weight excluding hydrogens is 377 g/mol. The quantitative estimate of drug-likeness (QED) is 0.614. The van der Waals surface area contributed by atoms with Crippen molar-refractivity contribution in [2.45, 2.75) is 6.54 Å². The first kappa shape index (κ1) is 18.0. The van der Waals surface area contributed by atoms with Gasteiger partial charge in [-0.1, -0.05) is 54.0 Å². The van der Waals surface area contributed by atoms with Crippen LogP contribution in [0.1, 0.15) is 21.6 Å². The molecule has 1 heterocycles. The number of fused-ring (bicyclic) bond motifs is 1. The maximum absolute atomic E-state index is 11.9. The van der Waals surface area contributed by atoms with E-state index >= 15 is 0 Å². The Bertz CT molecular complexity index is 1070. The van der Waals surface area contributed by atoms with Crippen LogP contribution in [0.5, 0.6) is 0 Å². The highest BCUT2D eigenvalue weighted by Gasteiger charge is 2.26. The third-order valence-electron chi connectivity index (χ3n) is 4.06. The Balaban J connectivity index is 2.28. The highest BCUT2D eigenvalue weighted by molar-refractivity contribution is 6.42. The van der Waals surface area contributed by atoms with Gasteiger partial charge in [0, 0.05) is 23.0 Å². The fourth-order valence-electron chi connectivity index (χ4n) is 2.92. The molecule has 2 N–H and O–H groups in total. The van der Waals surface area contributed by atoms with Crippen molar-refractivity contribution in [3.8, 4) is 0 Å². The lowest BCUT2D eigenvalue weighted by atomic mass is 10.0. The summed E-state index contributed by atoms with van der Waals surface area (Å²) in [6.07, 6.45) is 0. The van der Waals surface area contributed by atoms with Gasteiger partial charge >= 0.3 is 11.9 Å². The summed E-state index contributed by atoms with van der Waals surface area (Å²) in [6, 6.07) is 11.9. The number of carbonyl (C=O) groups is 2. The Hall–Kier alpha value is -2.76. The molecule has 3 aromatic rings. The second-order valence-corrected chi connectivity index (χ2v) is 6.48. The number of hydrogen-bond acceptors (Lipinski definition) is 2. The highest BCUT2D eigenvalue weighted by Crippen LogP contribution is 2.33. The molecule has 0 saturated carbocycles. The van der Waals surface area contributed by atoms with Crippen LogP contribution in [0.2, 0.25) is 10.0 Å². The zero-order valence-electron chi connectivity index (χ0n) is 13.4. The van der Waals surface area contributed by atoms with E-state index in [1.54, 1.807) is 47.0 Å². The van der Waals surface area contributed by atoms with Crippen LogP contribution < -0.4 is 0 Å². The number of aliphatic carboxylic acids is 1. The van der Waals surface area contributed by atoms with E-state index in [9.17, 15) is 19.8 Å². The van der Waals surface area contributed by atoms with Gasteiger partial charge < -0.3 is 14.8 Å². The van der Waals surface area contributed by atoms with Gasteiger partial charge in [0.15, 0.2) is 0 Å². The van der Waals surface area contributed by atoms with Crippen LogP contribution in [0, 0.1) is 0 Å². The van der Waals surface area contributed by atoms with E-state index in [1.807, 2.05) is 0 Å². The molecule has 0 radical (unpaired) electrons. The first-order chi connectivity index (χ1) is 12.3. The van der Waals surface area contributed by atoms with E-state index in [4.69, 9.17) is 23.2 Å². The lowest BCUT2D eigenvalue weighted by Gasteiger charge is -2.10. The lowest BCUT2D eigenvalue weighted by Crippen LogP contribution is -2.12. The van der Waals surface area contributed by atoms with Crippen molar-refractivity contribution in [3.63, 3.8) is 0 Å². The molecule has 0 bridgehead atoms. The Kier molecular flexibility index (Phi) is 4.76. The van der Waals surface area contributed by atoms with Gasteiger partial charge in [-0.05, 0) is 23.8 Å². The van der Waals surface area contributed by atoms with Gasteiger partial charge in [0.1, 0.15) is 5.69 Å². The number of para-hydroxylation sites is 1. The number of aromatic nitrogens is 1. The second kappa shape index (κ2) is 6.86. The summed E-state index contributed by atoms with van der Waals surface area (Å²) in [4.78, 5) is 23.4. The van der Waals surface area contributed by atoms with Crippen LogP contribution in [-0.4, -0.2) is 26.7 Å². The number of carboxylic acids is 2. The highest BCUT2D eigenvalue weighted by atomic mass is 35.5. The minimum absolute atomic E-state index is 0.0978. The zero-order chi connectivity index (χ0) is 19.0. The summed E-state index contributed by atoms with van der Waals surface area (Å²) in [6.45, 7) is 3.74. The average Bonchev–Trinajstić information content (AvgIpc) is 2.92. The van der Waals surface area contributed by atoms with Crippen LogP contribution in [-0.2, 0) is 11.3 Å². The molecule has 0 fully saturated rings. The minimum atomic E-state index is -1.27. The van der Waals surface area contributed by atoms with Crippen molar-refractivity contribution in [3.05, 3.63) is 75.9 Å². The molecule has 0 aliphatic carbocycles. The molecule has 0 aliphatic rings. The molecule has 0 aliphatic heterocycles. The summed E-state index contributed by atoms with van der Waals surface area (Å²) in [5, 5.41) is 20.3. The Morgan fingerprint density at radius 3 is 2.35 bits per heavy atom. The molecule has 132 valence electrons. The number of carboxylic acid groups (broad SMARTS) is 2. The fraction of sp³-hybridized carbons (Fsp3) is 0.0526. The molecule has 0 atom stereocenters. The summed E-state index contributed by atoms with van der Waals surface area (Å²) in [7, 11) is 0. The normalized spacial score (nSPS) is 10.8. The molecule has 7 heteroatoms. The van der Waals surface area contributed by atoms with Crippen molar-refractivity contribution in [2.24, 2.45) is 0 Å². The van der Waals surface area contributed by atoms with E-state index in [0.717, 1.165) is 5.56 Å². The van der Waals surface area contributed by atoms with Crippen LogP contribution in [0.15, 0.2) is 49.0 Å². The Morgan fingerprint density at radius 2 is 1.73 bits per heavy atom. The van der Waals surface area contributed by atoms with E-state index in [0.29, 0.717) is 20.9 Å². The SMILES string of the molecule is C=C(C(=O)O)c1c(C(=O)O)n(Cc2ccc(Cl)c(Cl)c2)c2ccccc12. The number of benzene rings is 2. The number of aromatic carboxylic acids is 1. The lowest BCUT2D eigenvalue weighted by molar-refractivity contribution is -0.130. The standard InChI is InChI=1S/C19H13Cl2NO4/c1-10(18(23)24)16-12-4-2-3-5-15(12)22(17(16)19(25)26)9-11-6-7-13(20)14(21)8-11/h2-8H,1,9H2,(H,23,24)(H,25,26). The van der Waals surface area contributed by atoms with Gasteiger partial charge in [-0.2, -0.15) is 0 Å². The van der Waals surface area contributed by atoms with Crippen LogP contribution >= 0.6 is 23.2 Å². The summed E-state index contributed by atoms with van der Waals surface area (Å²) < 4.78 is 1.54. The Labute approximate surface area is 158 Å². The molecule has 0 unspecified atom stereocenters. The summed E-state index contributed by atoms with van der Waals surface area (Å²) in [5.41, 5.74) is 1.01. The first-order valence-electron chi connectivity index (χ1n) is 7.52. The predicted octanol–water partition coefficient (Wildman–Crippen LogP) is 4.79. The van der Waals surface area contributed by atoms with Crippen LogP contribution in [0.3, 0.4) is 0 Å². The number of nitrogens with zero attached hydrogens (tertiary/aromatic N) is 1. The largest absolute Gasteiger partial charge is 0.478 e. The van der Waals surface area contributed by atoms with E-state index in [2.05, 4.69) is 6.58 Å². The van der Waals surface area contributed by atoms with Gasteiger partial charge in [-0.3, -0.25) is 0 Å². The van der Waals surface area contributed by atoms with Gasteiger partial charge in [0.25, 0.3) is 0 Å². The molecule has 2 aromatic carbocycles. The summed E-state index contributed by atoms with van der Waals surface area (Å²) >= 11 is 12.0. The maximum atomic E-state index is 11.9. The molecule has 26 heavy (non-hydrogen) atoms. The van der Waals surface area contributed by atoms with Crippen LogP contribution in [0.4, 0.5) is 0 Å². The van der Waals surface area contributed by atoms with Gasteiger partial charge in [0.05, 0.1) is 15.6 Å². The third kappa shape index (κ3) is 3.07. The molecule has 5 nitrogen and oxygen atoms in total. The molecule has 3 rings (SSSR count). The summed E-state index contributed by atoms with van der Waals surface area (Å²) in [5.74, 6) is -2.51. The average molecular weight is 390 g/mol. The number of halogens is 2. The van der Waals surface area contributed by atoms with E-state index in [1.165, 1.54) is 0 Å². The molecule has 0 saturated heterocycles. The van der Waals surface area contributed by atoms with Crippen molar-refractivity contribution in [1.29, 1.82) is 0 Å². The van der Waals surface area contributed by atoms with Gasteiger partial charge in [-0.25, -0.2) is 9.59 Å². The van der Waals surface area contributed by atoms with Crippen molar-refractivity contribution >= 4 is 51.6 Å². The number of hydrogen-bond donors (Lipinski definition) is 2. The zero-order valence-corrected chi connectivity index (χ0v) is 14.9. The van der Waals surface area contributed by atoms with Gasteiger partial charge in [0.2, 0.25) is 0 Å². The fourth-order valence-corrected chi connectivity index (χ4v) is 3.24. The smallest absolute Gasteiger partial charge is 0.353 e. The molecule has 1 aromatic heterocycles. The van der Waals surface area contributed by atoms with Crippen molar-refractivity contribution in [1.82, 2.24) is 4.57 Å². The topological polar surface area (TPSA) is 79.5 Å². The maximum Gasteiger partial charge on any atom is 0.353 e. The first-order valence-corrected chi connectivity index (χ1v) is 8.28. The molecule has 0 amide bonds. The van der Waals surface area contributed by atoms with Crippen molar-refractivity contribution in [2.75, 3.05) is 0 Å². The molecular formula is C19H13Cl2NO4. The van der Waals surface area contributed by atoms with Crippen LogP contribution in [0.25, 0.3) is 16.5 Å². The monoisotopic (exact) mass is 389 g/mol. The molecule has 0 spiro atoms. The minimum Gasteiger partial charge on any atom is -0.478 e. The predicted molar refractivity (Wildman–Crippen MR) is 101 cm³/mol. The second-order valence-electron chi connectivity index (χ2n) is 5.66. The Morgan fingerprint density at radius 1 is 1.04 bits per heavy atom. The van der Waals surface area contributed by atoms with E-state index < -0.39 is 11.9 Å². The number of rotatable bonds is 5. The third-order valence-corrected chi connectivity index (χ3v) is 4.80. The van der Waals surface area contributed by atoms with E-state index in [-0.39, 0.29) is 23.4 Å².